The maximum absolute atomic E-state index is 13.0. The van der Waals surface area contributed by atoms with Gasteiger partial charge in [0.15, 0.2) is 0 Å². The van der Waals surface area contributed by atoms with Gasteiger partial charge >= 0.3 is 0 Å². The smallest absolute Gasteiger partial charge is 0.230 e. The molecule has 2 N–H and O–H groups in total. The van der Waals surface area contributed by atoms with E-state index < -0.39 is 0 Å². The largest absolute Gasteiger partial charge is 0.381 e. The number of likely N-dealkylation sites (tertiary alicyclic amines) is 1. The van der Waals surface area contributed by atoms with Gasteiger partial charge in [-0.2, -0.15) is 0 Å². The molecule has 2 fully saturated rings. The molecule has 2 aliphatic heterocycles. The van der Waals surface area contributed by atoms with Crippen molar-refractivity contribution in [2.45, 2.75) is 38.5 Å². The Labute approximate surface area is 145 Å². The Hall–Kier alpha value is -1.39. The van der Waals surface area contributed by atoms with Crippen LogP contribution in [0.3, 0.4) is 0 Å². The van der Waals surface area contributed by atoms with Crippen LogP contribution in [0.25, 0.3) is 0 Å². The number of benzene rings is 1. The highest BCUT2D eigenvalue weighted by atomic mass is 16.5. The molecule has 4 heteroatoms. The number of piperidine rings is 1. The number of aryl methyl sites for hydroxylation is 1. The Bertz CT molecular complexity index is 518. The summed E-state index contributed by atoms with van der Waals surface area (Å²) >= 11 is 0. The first-order valence-corrected chi connectivity index (χ1v) is 9.35. The van der Waals surface area contributed by atoms with E-state index in [4.69, 9.17) is 10.5 Å². The second-order valence-corrected chi connectivity index (χ2v) is 7.36. The third kappa shape index (κ3) is 3.98. The Kier molecular flexibility index (Phi) is 5.90. The molecule has 0 aliphatic carbocycles. The van der Waals surface area contributed by atoms with Gasteiger partial charge in [-0.15, -0.1) is 0 Å². The first kappa shape index (κ1) is 17.4. The van der Waals surface area contributed by atoms with Crippen molar-refractivity contribution in [2.75, 3.05) is 32.8 Å². The molecule has 3 rings (SSSR count). The molecular weight excluding hydrogens is 300 g/mol. The molecule has 0 atom stereocenters. The molecule has 2 heterocycles. The van der Waals surface area contributed by atoms with E-state index in [-0.39, 0.29) is 11.3 Å². The lowest BCUT2D eigenvalue weighted by Gasteiger charge is -2.41. The zero-order valence-electron chi connectivity index (χ0n) is 14.6. The van der Waals surface area contributed by atoms with Gasteiger partial charge in [0.2, 0.25) is 5.91 Å². The lowest BCUT2D eigenvalue weighted by Crippen LogP contribution is -2.52. The van der Waals surface area contributed by atoms with E-state index in [0.29, 0.717) is 19.8 Å². The van der Waals surface area contributed by atoms with Gasteiger partial charge in [-0.1, -0.05) is 30.3 Å². The van der Waals surface area contributed by atoms with E-state index >= 15 is 0 Å². The summed E-state index contributed by atoms with van der Waals surface area (Å²) in [6.45, 7) is 3.55. The van der Waals surface area contributed by atoms with Crippen molar-refractivity contribution in [3.8, 4) is 0 Å². The quantitative estimate of drug-likeness (QED) is 0.903. The van der Waals surface area contributed by atoms with Gasteiger partial charge in [0.1, 0.15) is 0 Å². The maximum atomic E-state index is 13.0. The molecule has 0 saturated carbocycles. The normalized spacial score (nSPS) is 21.6. The summed E-state index contributed by atoms with van der Waals surface area (Å²) in [6, 6.07) is 10.7. The van der Waals surface area contributed by atoms with Gasteiger partial charge in [-0.05, 0) is 50.0 Å². The van der Waals surface area contributed by atoms with Crippen LogP contribution in [0.1, 0.15) is 37.7 Å². The highest BCUT2D eigenvalue weighted by molar-refractivity contribution is 5.83. The molecule has 4 nitrogen and oxygen atoms in total. The summed E-state index contributed by atoms with van der Waals surface area (Å²) in [6.07, 6.45) is 6.16. The van der Waals surface area contributed by atoms with E-state index in [1.54, 1.807) is 0 Å². The molecule has 24 heavy (non-hydrogen) atoms. The van der Waals surface area contributed by atoms with Crippen molar-refractivity contribution in [3.05, 3.63) is 35.9 Å². The maximum Gasteiger partial charge on any atom is 0.230 e. The van der Waals surface area contributed by atoms with Crippen molar-refractivity contribution >= 4 is 5.91 Å². The lowest BCUT2D eigenvalue weighted by molar-refractivity contribution is -0.148. The molecule has 1 aromatic rings. The lowest BCUT2D eigenvalue weighted by atomic mass is 9.78. The molecule has 0 radical (unpaired) electrons. The zero-order valence-corrected chi connectivity index (χ0v) is 14.6. The number of amides is 1. The van der Waals surface area contributed by atoms with Crippen LogP contribution in [0.15, 0.2) is 30.3 Å². The van der Waals surface area contributed by atoms with Gasteiger partial charge in [0, 0.05) is 32.8 Å². The van der Waals surface area contributed by atoms with E-state index in [1.165, 1.54) is 12.0 Å². The number of nitrogens with two attached hydrogens (primary N) is 1. The highest BCUT2D eigenvalue weighted by Crippen LogP contribution is 2.33. The predicted molar refractivity (Wildman–Crippen MR) is 95.6 cm³/mol. The van der Waals surface area contributed by atoms with Crippen molar-refractivity contribution in [3.63, 3.8) is 0 Å². The van der Waals surface area contributed by atoms with E-state index in [2.05, 4.69) is 35.2 Å². The third-order valence-corrected chi connectivity index (χ3v) is 5.88. The molecule has 0 spiro atoms. The monoisotopic (exact) mass is 330 g/mol. The summed E-state index contributed by atoms with van der Waals surface area (Å²) in [5, 5.41) is 0. The van der Waals surface area contributed by atoms with Crippen LogP contribution >= 0.6 is 0 Å². The van der Waals surface area contributed by atoms with E-state index in [0.717, 1.165) is 51.1 Å². The Morgan fingerprint density at radius 3 is 2.46 bits per heavy atom. The Morgan fingerprint density at radius 2 is 1.83 bits per heavy atom. The fraction of sp³-hybridized carbons (Fsp3) is 0.650. The standard InChI is InChI=1S/C20H30N2O2/c21-16-20(10-14-24-15-11-20)19(23)22-12-8-18(9-13-22)7-6-17-4-2-1-3-5-17/h1-5,18H,6-16,21H2. The summed E-state index contributed by atoms with van der Waals surface area (Å²) in [5.41, 5.74) is 7.03. The Balaban J connectivity index is 1.48. The van der Waals surface area contributed by atoms with Crippen LogP contribution in [0.4, 0.5) is 0 Å². The SMILES string of the molecule is NCC1(C(=O)N2CCC(CCc3ccccc3)CC2)CCOCC1. The number of hydrogen-bond donors (Lipinski definition) is 1. The number of hydrogen-bond acceptors (Lipinski definition) is 3. The van der Waals surface area contributed by atoms with Crippen LogP contribution in [-0.2, 0) is 16.0 Å². The second-order valence-electron chi connectivity index (χ2n) is 7.36. The molecule has 1 aromatic carbocycles. The molecule has 1 amide bonds. The van der Waals surface area contributed by atoms with Gasteiger partial charge in [-0.3, -0.25) is 4.79 Å². The van der Waals surface area contributed by atoms with Gasteiger partial charge in [0.25, 0.3) is 0 Å². The van der Waals surface area contributed by atoms with E-state index in [1.807, 2.05) is 0 Å². The minimum atomic E-state index is -0.366. The number of ether oxygens (including phenoxy) is 1. The summed E-state index contributed by atoms with van der Waals surface area (Å²) in [4.78, 5) is 15.0. The Morgan fingerprint density at radius 1 is 1.17 bits per heavy atom. The van der Waals surface area contributed by atoms with Crippen molar-refractivity contribution in [1.29, 1.82) is 0 Å². The van der Waals surface area contributed by atoms with Crippen LogP contribution < -0.4 is 5.73 Å². The first-order valence-electron chi connectivity index (χ1n) is 9.35. The molecule has 0 aromatic heterocycles. The summed E-state index contributed by atoms with van der Waals surface area (Å²) in [5.74, 6) is 1.01. The minimum Gasteiger partial charge on any atom is -0.381 e. The fourth-order valence-electron chi connectivity index (χ4n) is 4.04. The van der Waals surface area contributed by atoms with Crippen molar-refractivity contribution < 1.29 is 9.53 Å². The molecule has 2 aliphatic rings. The van der Waals surface area contributed by atoms with Gasteiger partial charge < -0.3 is 15.4 Å². The van der Waals surface area contributed by atoms with Crippen LogP contribution in [-0.4, -0.2) is 43.7 Å². The van der Waals surface area contributed by atoms with Gasteiger partial charge in [0.05, 0.1) is 5.41 Å². The predicted octanol–water partition coefficient (Wildman–Crippen LogP) is 2.61. The zero-order chi connectivity index (χ0) is 16.8. The topological polar surface area (TPSA) is 55.6 Å². The molecule has 0 unspecified atom stereocenters. The van der Waals surface area contributed by atoms with Crippen LogP contribution in [0.2, 0.25) is 0 Å². The fourth-order valence-corrected chi connectivity index (χ4v) is 4.04. The number of carbonyl (C=O) groups is 1. The molecule has 132 valence electrons. The molecular formula is C20H30N2O2. The number of nitrogens with zero attached hydrogens (tertiary/aromatic N) is 1. The average molecular weight is 330 g/mol. The third-order valence-electron chi connectivity index (χ3n) is 5.88. The average Bonchev–Trinajstić information content (AvgIpc) is 2.67. The summed E-state index contributed by atoms with van der Waals surface area (Å²) < 4.78 is 5.43. The van der Waals surface area contributed by atoms with Gasteiger partial charge in [-0.25, -0.2) is 0 Å². The van der Waals surface area contributed by atoms with E-state index in [9.17, 15) is 4.79 Å². The summed E-state index contributed by atoms with van der Waals surface area (Å²) in [7, 11) is 0. The van der Waals surface area contributed by atoms with Crippen LogP contribution in [0, 0.1) is 11.3 Å². The highest BCUT2D eigenvalue weighted by Gasteiger charge is 2.42. The molecule has 0 bridgehead atoms. The van der Waals surface area contributed by atoms with Crippen molar-refractivity contribution in [1.82, 2.24) is 4.90 Å². The second kappa shape index (κ2) is 8.13. The molecule has 2 saturated heterocycles. The van der Waals surface area contributed by atoms with Crippen LogP contribution in [0.5, 0.6) is 0 Å². The first-order chi connectivity index (χ1) is 11.7. The number of rotatable bonds is 5. The minimum absolute atomic E-state index is 0.273. The number of carbonyl (C=O) groups excluding carboxylic acids is 1. The van der Waals surface area contributed by atoms with Crippen molar-refractivity contribution in [2.24, 2.45) is 17.1 Å².